The smallest absolute Gasteiger partial charge is 0.255 e. The average molecular weight is 538 g/mol. The molecule has 0 bridgehead atoms. The molecule has 1 aromatic carbocycles. The van der Waals surface area contributed by atoms with Gasteiger partial charge >= 0.3 is 0 Å². The second kappa shape index (κ2) is 10.5. The standard InChI is InChI=1S/C31H39N9/c1-9-38(10-2)26-15-19(3)27(20(4)16-26)25-11-13-31(32,14-12-25)28-33-29(39-23(7)17-21(5)36-39)35-30(34-28)40-24(8)18-22(6)37-40/h11-13,15-18H,9-10,14,32H2,1-8H3. The Labute approximate surface area is 236 Å². The zero-order valence-corrected chi connectivity index (χ0v) is 24.8. The van der Waals surface area contributed by atoms with Gasteiger partial charge in [0.25, 0.3) is 11.9 Å². The summed E-state index contributed by atoms with van der Waals surface area (Å²) >= 11 is 0. The van der Waals surface area contributed by atoms with E-state index in [0.717, 1.165) is 41.4 Å². The van der Waals surface area contributed by atoms with E-state index in [-0.39, 0.29) is 0 Å². The van der Waals surface area contributed by atoms with Gasteiger partial charge in [0.15, 0.2) is 5.82 Å². The normalized spacial score (nSPS) is 16.9. The fourth-order valence-electron chi connectivity index (χ4n) is 5.59. The molecule has 0 amide bonds. The van der Waals surface area contributed by atoms with Crippen molar-refractivity contribution in [3.63, 3.8) is 0 Å². The highest BCUT2D eigenvalue weighted by atomic mass is 15.4. The van der Waals surface area contributed by atoms with Crippen LogP contribution in [0.25, 0.3) is 17.5 Å². The van der Waals surface area contributed by atoms with Crippen molar-refractivity contribution in [1.29, 1.82) is 0 Å². The van der Waals surface area contributed by atoms with E-state index in [2.05, 4.69) is 67.1 Å². The minimum atomic E-state index is -0.912. The van der Waals surface area contributed by atoms with Gasteiger partial charge in [0.05, 0.1) is 16.9 Å². The summed E-state index contributed by atoms with van der Waals surface area (Å²) < 4.78 is 3.47. The maximum absolute atomic E-state index is 7.03. The molecule has 1 aliphatic rings. The maximum atomic E-state index is 7.03. The molecule has 9 heteroatoms. The van der Waals surface area contributed by atoms with Gasteiger partial charge in [0.2, 0.25) is 0 Å². The summed E-state index contributed by atoms with van der Waals surface area (Å²) in [6, 6.07) is 8.55. The fourth-order valence-corrected chi connectivity index (χ4v) is 5.59. The first kappa shape index (κ1) is 27.5. The van der Waals surface area contributed by atoms with Crippen molar-refractivity contribution >= 4 is 11.3 Å². The van der Waals surface area contributed by atoms with Gasteiger partial charge in [-0.05, 0) is 108 Å². The molecule has 1 unspecified atom stereocenters. The molecule has 1 atom stereocenters. The van der Waals surface area contributed by atoms with Crippen LogP contribution in [0.2, 0.25) is 0 Å². The van der Waals surface area contributed by atoms with E-state index in [4.69, 9.17) is 20.7 Å². The van der Waals surface area contributed by atoms with E-state index in [9.17, 15) is 0 Å². The Hall–Kier alpha value is -4.11. The van der Waals surface area contributed by atoms with E-state index < -0.39 is 5.54 Å². The van der Waals surface area contributed by atoms with E-state index >= 15 is 0 Å². The highest BCUT2D eigenvalue weighted by Gasteiger charge is 2.32. The number of rotatable bonds is 7. The molecule has 0 spiro atoms. The van der Waals surface area contributed by atoms with Crippen molar-refractivity contribution in [2.45, 2.75) is 67.3 Å². The molecular formula is C31H39N9. The highest BCUT2D eigenvalue weighted by molar-refractivity contribution is 5.80. The van der Waals surface area contributed by atoms with E-state index in [1.807, 2.05) is 45.9 Å². The minimum absolute atomic E-state index is 0.421. The van der Waals surface area contributed by atoms with Crippen LogP contribution in [-0.4, -0.2) is 47.6 Å². The Bertz CT molecular complexity index is 1550. The van der Waals surface area contributed by atoms with Gasteiger partial charge in [-0.15, -0.1) is 0 Å². The lowest BCUT2D eigenvalue weighted by Crippen LogP contribution is -2.38. The third-order valence-electron chi connectivity index (χ3n) is 7.58. The number of hydrogen-bond donors (Lipinski definition) is 1. The van der Waals surface area contributed by atoms with Crippen LogP contribution in [0.4, 0.5) is 5.69 Å². The van der Waals surface area contributed by atoms with Crippen LogP contribution >= 0.6 is 0 Å². The largest absolute Gasteiger partial charge is 0.372 e. The average Bonchev–Trinajstić information content (AvgIpc) is 3.44. The number of hydrogen-bond acceptors (Lipinski definition) is 7. The lowest BCUT2D eigenvalue weighted by Gasteiger charge is -2.28. The number of nitrogens with two attached hydrogens (primary N) is 1. The number of anilines is 1. The Morgan fingerprint density at radius 1 is 0.800 bits per heavy atom. The summed E-state index contributed by atoms with van der Waals surface area (Å²) in [5.41, 5.74) is 15.9. The third-order valence-corrected chi connectivity index (χ3v) is 7.58. The van der Waals surface area contributed by atoms with Crippen LogP contribution in [-0.2, 0) is 5.54 Å². The van der Waals surface area contributed by atoms with Crippen LogP contribution in [0.1, 0.15) is 65.6 Å². The Kier molecular flexibility index (Phi) is 7.18. The molecule has 5 rings (SSSR count). The molecule has 4 aromatic rings. The SMILES string of the molecule is CCN(CC)c1cc(C)c(C2=CCC(N)(c3nc(-n4nc(C)cc4C)nc(-n4nc(C)cc4C)n3)C=C2)c(C)c1. The molecule has 208 valence electrons. The first-order chi connectivity index (χ1) is 19.0. The van der Waals surface area contributed by atoms with Gasteiger partial charge in [-0.3, -0.25) is 0 Å². The lowest BCUT2D eigenvalue weighted by molar-refractivity contribution is 0.514. The fraction of sp³-hybridized carbons (Fsp3) is 0.387. The summed E-state index contributed by atoms with van der Waals surface area (Å²) in [6.45, 7) is 18.6. The van der Waals surface area contributed by atoms with Gasteiger partial charge < -0.3 is 10.6 Å². The molecule has 3 aromatic heterocycles. The molecule has 0 fully saturated rings. The van der Waals surface area contributed by atoms with Crippen LogP contribution < -0.4 is 10.6 Å². The molecule has 9 nitrogen and oxygen atoms in total. The van der Waals surface area contributed by atoms with Gasteiger partial charge in [0, 0.05) is 30.2 Å². The zero-order valence-electron chi connectivity index (χ0n) is 24.8. The van der Waals surface area contributed by atoms with Crippen LogP contribution in [0.3, 0.4) is 0 Å². The van der Waals surface area contributed by atoms with Gasteiger partial charge in [-0.2, -0.15) is 25.1 Å². The summed E-state index contributed by atoms with van der Waals surface area (Å²) in [6.07, 6.45) is 6.87. The summed E-state index contributed by atoms with van der Waals surface area (Å²) in [7, 11) is 0. The third kappa shape index (κ3) is 4.97. The van der Waals surface area contributed by atoms with Crippen molar-refractivity contribution in [1.82, 2.24) is 34.5 Å². The first-order valence-electron chi connectivity index (χ1n) is 13.9. The number of benzene rings is 1. The van der Waals surface area contributed by atoms with E-state index in [1.165, 1.54) is 22.4 Å². The first-order valence-corrected chi connectivity index (χ1v) is 13.9. The number of aryl methyl sites for hydroxylation is 6. The Morgan fingerprint density at radius 3 is 1.73 bits per heavy atom. The second-order valence-corrected chi connectivity index (χ2v) is 10.8. The predicted molar refractivity (Wildman–Crippen MR) is 160 cm³/mol. The van der Waals surface area contributed by atoms with Gasteiger partial charge in [-0.1, -0.05) is 18.2 Å². The Morgan fingerprint density at radius 2 is 1.32 bits per heavy atom. The van der Waals surface area contributed by atoms with E-state index in [1.54, 1.807) is 9.36 Å². The van der Waals surface area contributed by atoms with Crippen molar-refractivity contribution in [2.24, 2.45) is 5.73 Å². The van der Waals surface area contributed by atoms with Crippen molar-refractivity contribution in [3.05, 3.63) is 87.8 Å². The molecule has 0 radical (unpaired) electrons. The van der Waals surface area contributed by atoms with Crippen molar-refractivity contribution in [2.75, 3.05) is 18.0 Å². The topological polar surface area (TPSA) is 104 Å². The number of allylic oxidation sites excluding steroid dienone is 2. The maximum Gasteiger partial charge on any atom is 0.255 e. The lowest BCUT2D eigenvalue weighted by atomic mass is 9.84. The minimum Gasteiger partial charge on any atom is -0.372 e. The molecule has 2 N–H and O–H groups in total. The molecule has 3 heterocycles. The van der Waals surface area contributed by atoms with Crippen LogP contribution in [0.15, 0.2) is 42.5 Å². The summed E-state index contributed by atoms with van der Waals surface area (Å²) in [5, 5.41) is 9.23. The monoisotopic (exact) mass is 537 g/mol. The molecule has 0 saturated heterocycles. The molecule has 0 aliphatic heterocycles. The number of nitrogens with zero attached hydrogens (tertiary/aromatic N) is 8. The predicted octanol–water partition coefficient (Wildman–Crippen LogP) is 5.14. The molecule has 0 saturated carbocycles. The molecule has 1 aliphatic carbocycles. The molecule has 40 heavy (non-hydrogen) atoms. The van der Waals surface area contributed by atoms with Crippen LogP contribution in [0.5, 0.6) is 0 Å². The zero-order chi connectivity index (χ0) is 28.8. The second-order valence-electron chi connectivity index (χ2n) is 10.8. The van der Waals surface area contributed by atoms with Crippen LogP contribution in [0, 0.1) is 41.5 Å². The van der Waals surface area contributed by atoms with E-state index in [0.29, 0.717) is 24.1 Å². The van der Waals surface area contributed by atoms with Crippen molar-refractivity contribution in [3.8, 4) is 11.9 Å². The quantitative estimate of drug-likeness (QED) is 0.348. The number of aromatic nitrogens is 7. The van der Waals surface area contributed by atoms with Crippen molar-refractivity contribution < 1.29 is 0 Å². The highest BCUT2D eigenvalue weighted by Crippen LogP contribution is 2.35. The molecular weight excluding hydrogens is 498 g/mol. The van der Waals surface area contributed by atoms with Gasteiger partial charge in [0.1, 0.15) is 0 Å². The van der Waals surface area contributed by atoms with Gasteiger partial charge in [-0.25, -0.2) is 9.36 Å². The Balaban J connectivity index is 1.55. The summed E-state index contributed by atoms with van der Waals surface area (Å²) in [4.78, 5) is 16.8. The summed E-state index contributed by atoms with van der Waals surface area (Å²) in [5.74, 6) is 1.32.